The summed E-state index contributed by atoms with van der Waals surface area (Å²) in [6.45, 7) is 0. The van der Waals surface area contributed by atoms with Gasteiger partial charge >= 0.3 is 5.76 Å². The fourth-order valence-corrected chi connectivity index (χ4v) is 1.99. The number of carbonyl (C=O) groups is 1. The zero-order valence-corrected chi connectivity index (χ0v) is 11.0. The van der Waals surface area contributed by atoms with Crippen LogP contribution in [0.5, 0.6) is 0 Å². The summed E-state index contributed by atoms with van der Waals surface area (Å²) in [6.07, 6.45) is 3.15. The molecule has 0 atom stereocenters. The third kappa shape index (κ3) is 2.92. The molecule has 0 fully saturated rings. The maximum atomic E-state index is 11.9. The Morgan fingerprint density at radius 2 is 1.90 bits per heavy atom. The quantitative estimate of drug-likeness (QED) is 0.724. The van der Waals surface area contributed by atoms with Gasteiger partial charge in [-0.15, -0.1) is 0 Å². The van der Waals surface area contributed by atoms with Crippen molar-refractivity contribution in [2.24, 2.45) is 0 Å². The number of aromatic amines is 1. The van der Waals surface area contributed by atoms with Crippen molar-refractivity contribution in [1.29, 1.82) is 0 Å². The highest BCUT2D eigenvalue weighted by atomic mass is 16.4. The molecule has 0 bridgehead atoms. The van der Waals surface area contributed by atoms with E-state index in [4.69, 9.17) is 4.42 Å². The van der Waals surface area contributed by atoms with Crippen LogP contribution >= 0.6 is 0 Å². The topological polar surface area (TPSA) is 75.1 Å². The molecule has 0 unspecified atom stereocenters. The number of nitrogens with one attached hydrogen (secondary N) is 2. The van der Waals surface area contributed by atoms with Crippen molar-refractivity contribution in [3.63, 3.8) is 0 Å². The minimum Gasteiger partial charge on any atom is -0.408 e. The van der Waals surface area contributed by atoms with E-state index >= 15 is 0 Å². The van der Waals surface area contributed by atoms with Gasteiger partial charge in [0.25, 0.3) is 0 Å². The molecule has 0 radical (unpaired) electrons. The number of hydrogen-bond donors (Lipinski definition) is 2. The van der Waals surface area contributed by atoms with Crippen molar-refractivity contribution in [3.8, 4) is 0 Å². The highest BCUT2D eigenvalue weighted by Gasteiger charge is 2.07. The van der Waals surface area contributed by atoms with Crippen molar-refractivity contribution in [3.05, 3.63) is 70.7 Å². The van der Waals surface area contributed by atoms with Crippen molar-refractivity contribution < 1.29 is 9.21 Å². The van der Waals surface area contributed by atoms with Gasteiger partial charge in [-0.1, -0.05) is 36.4 Å². The van der Waals surface area contributed by atoms with Gasteiger partial charge in [-0.3, -0.25) is 9.78 Å². The first-order valence-electron chi connectivity index (χ1n) is 6.38. The number of aromatic nitrogens is 1. The van der Waals surface area contributed by atoms with Gasteiger partial charge in [0.05, 0.1) is 5.69 Å². The number of carbonyl (C=O) groups excluding carboxylic acids is 1. The van der Waals surface area contributed by atoms with E-state index in [-0.39, 0.29) is 5.91 Å². The Labute approximate surface area is 119 Å². The Balaban J connectivity index is 1.80. The van der Waals surface area contributed by atoms with Crippen LogP contribution in [0.4, 0.5) is 5.69 Å². The molecular formula is C16H12N2O3. The number of hydrogen-bond acceptors (Lipinski definition) is 3. The number of fused-ring (bicyclic) bond motifs is 1. The Kier molecular flexibility index (Phi) is 3.39. The summed E-state index contributed by atoms with van der Waals surface area (Å²) in [7, 11) is 0. The van der Waals surface area contributed by atoms with Crippen molar-refractivity contribution >= 4 is 28.8 Å². The molecular weight excluding hydrogens is 268 g/mol. The molecule has 5 nitrogen and oxygen atoms in total. The molecule has 104 valence electrons. The molecule has 2 aromatic carbocycles. The van der Waals surface area contributed by atoms with E-state index in [1.165, 1.54) is 6.08 Å². The fourth-order valence-electron chi connectivity index (χ4n) is 1.99. The maximum absolute atomic E-state index is 11.9. The summed E-state index contributed by atoms with van der Waals surface area (Å²) in [4.78, 5) is 25.6. The fraction of sp³-hybridized carbons (Fsp3) is 0. The molecule has 0 saturated heterocycles. The van der Waals surface area contributed by atoms with Crippen LogP contribution in [0.1, 0.15) is 5.56 Å². The summed E-state index contributed by atoms with van der Waals surface area (Å²) in [5.74, 6) is -0.833. The van der Waals surface area contributed by atoms with Gasteiger partial charge in [-0.2, -0.15) is 0 Å². The van der Waals surface area contributed by atoms with Crippen LogP contribution in [-0.2, 0) is 4.79 Å². The Hall–Kier alpha value is -3.08. The molecule has 2 N–H and O–H groups in total. The van der Waals surface area contributed by atoms with Gasteiger partial charge < -0.3 is 9.73 Å². The van der Waals surface area contributed by atoms with Gasteiger partial charge in [0.2, 0.25) is 5.91 Å². The Morgan fingerprint density at radius 1 is 1.10 bits per heavy atom. The highest BCUT2D eigenvalue weighted by Crippen LogP contribution is 2.19. The van der Waals surface area contributed by atoms with Gasteiger partial charge in [-0.05, 0) is 23.8 Å². The van der Waals surface area contributed by atoms with Crippen molar-refractivity contribution in [1.82, 2.24) is 4.98 Å². The lowest BCUT2D eigenvalue weighted by Gasteiger charge is -2.02. The van der Waals surface area contributed by atoms with E-state index in [9.17, 15) is 9.59 Å². The second-order valence-electron chi connectivity index (χ2n) is 4.43. The van der Waals surface area contributed by atoms with Crippen LogP contribution in [0.2, 0.25) is 0 Å². The molecule has 0 aliphatic carbocycles. The molecule has 1 aromatic heterocycles. The summed E-state index contributed by atoms with van der Waals surface area (Å²) in [6, 6.07) is 14.6. The van der Waals surface area contributed by atoms with Crippen LogP contribution in [0.15, 0.2) is 63.8 Å². The Bertz CT molecular complexity index is 860. The third-order valence-corrected chi connectivity index (χ3v) is 2.94. The van der Waals surface area contributed by atoms with E-state index in [0.29, 0.717) is 16.8 Å². The number of amides is 1. The lowest BCUT2D eigenvalue weighted by atomic mass is 10.2. The second-order valence-corrected chi connectivity index (χ2v) is 4.43. The normalized spacial score (nSPS) is 11.0. The predicted molar refractivity (Wildman–Crippen MR) is 80.9 cm³/mol. The molecule has 1 heterocycles. The molecule has 3 aromatic rings. The summed E-state index contributed by atoms with van der Waals surface area (Å²) < 4.78 is 4.94. The average molecular weight is 280 g/mol. The minimum absolute atomic E-state index is 0.284. The maximum Gasteiger partial charge on any atom is 0.417 e. The minimum atomic E-state index is -0.550. The van der Waals surface area contributed by atoms with Gasteiger partial charge in [-0.25, -0.2) is 4.79 Å². The van der Waals surface area contributed by atoms with Crippen molar-refractivity contribution in [2.75, 3.05) is 5.32 Å². The van der Waals surface area contributed by atoms with Crippen LogP contribution in [0.3, 0.4) is 0 Å². The molecule has 0 spiro atoms. The lowest BCUT2D eigenvalue weighted by molar-refractivity contribution is -0.111. The number of benzene rings is 2. The number of anilines is 1. The zero-order chi connectivity index (χ0) is 14.7. The summed E-state index contributed by atoms with van der Waals surface area (Å²) >= 11 is 0. The smallest absolute Gasteiger partial charge is 0.408 e. The van der Waals surface area contributed by atoms with E-state index in [1.807, 2.05) is 30.3 Å². The largest absolute Gasteiger partial charge is 0.417 e. The SMILES string of the molecule is O=C(/C=C/c1ccccc1)Nc1cccc2oc(=O)[nH]c12. The van der Waals surface area contributed by atoms with Crippen LogP contribution in [-0.4, -0.2) is 10.9 Å². The van der Waals surface area contributed by atoms with E-state index in [1.54, 1.807) is 24.3 Å². The zero-order valence-electron chi connectivity index (χ0n) is 11.0. The molecule has 5 heteroatoms. The first-order chi connectivity index (χ1) is 10.2. The van der Waals surface area contributed by atoms with Gasteiger partial charge in [0, 0.05) is 6.08 Å². The van der Waals surface area contributed by atoms with E-state index < -0.39 is 5.76 Å². The van der Waals surface area contributed by atoms with Crippen LogP contribution in [0, 0.1) is 0 Å². The monoisotopic (exact) mass is 280 g/mol. The predicted octanol–water partition coefficient (Wildman–Crippen LogP) is 2.77. The first kappa shape index (κ1) is 12.9. The second kappa shape index (κ2) is 5.50. The lowest BCUT2D eigenvalue weighted by Crippen LogP contribution is -2.08. The van der Waals surface area contributed by atoms with E-state index in [2.05, 4.69) is 10.3 Å². The third-order valence-electron chi connectivity index (χ3n) is 2.94. The summed E-state index contributed by atoms with van der Waals surface area (Å²) in [5, 5.41) is 2.71. The summed E-state index contributed by atoms with van der Waals surface area (Å²) in [5.41, 5.74) is 2.32. The number of H-pyrrole nitrogens is 1. The molecule has 0 saturated carbocycles. The molecule has 3 rings (SSSR count). The molecule has 1 amide bonds. The van der Waals surface area contributed by atoms with Crippen LogP contribution in [0.25, 0.3) is 17.2 Å². The van der Waals surface area contributed by atoms with Gasteiger partial charge in [0.1, 0.15) is 5.52 Å². The van der Waals surface area contributed by atoms with Crippen LogP contribution < -0.4 is 11.1 Å². The van der Waals surface area contributed by atoms with Crippen molar-refractivity contribution in [2.45, 2.75) is 0 Å². The van der Waals surface area contributed by atoms with Gasteiger partial charge in [0.15, 0.2) is 5.58 Å². The standard InChI is InChI=1S/C16H12N2O3/c19-14(10-9-11-5-2-1-3-6-11)17-12-7-4-8-13-15(12)18-16(20)21-13/h1-10H,(H,17,19)(H,18,20)/b10-9+. The first-order valence-corrected chi connectivity index (χ1v) is 6.38. The number of para-hydroxylation sites is 1. The highest BCUT2D eigenvalue weighted by molar-refractivity contribution is 6.05. The molecule has 21 heavy (non-hydrogen) atoms. The number of rotatable bonds is 3. The molecule has 0 aliphatic heterocycles. The number of oxazole rings is 1. The molecule has 0 aliphatic rings. The average Bonchev–Trinajstić information content (AvgIpc) is 2.88. The van der Waals surface area contributed by atoms with E-state index in [0.717, 1.165) is 5.56 Å². The Morgan fingerprint density at radius 3 is 2.71 bits per heavy atom.